The summed E-state index contributed by atoms with van der Waals surface area (Å²) in [6, 6.07) is -0.917. The summed E-state index contributed by atoms with van der Waals surface area (Å²) in [6.45, 7) is 3.79. The van der Waals surface area contributed by atoms with Gasteiger partial charge in [0.15, 0.2) is 0 Å². The van der Waals surface area contributed by atoms with Gasteiger partial charge in [-0.3, -0.25) is 4.79 Å². The lowest BCUT2D eigenvalue weighted by Gasteiger charge is -2.14. The van der Waals surface area contributed by atoms with E-state index in [1.54, 1.807) is 7.11 Å². The highest BCUT2D eigenvalue weighted by Crippen LogP contribution is 2.00. The van der Waals surface area contributed by atoms with E-state index in [-0.39, 0.29) is 13.2 Å². The van der Waals surface area contributed by atoms with Crippen molar-refractivity contribution in [3.8, 4) is 0 Å². The van der Waals surface area contributed by atoms with E-state index < -0.39 is 17.9 Å². The lowest BCUT2D eigenvalue weighted by Crippen LogP contribution is -2.42. The molecule has 10 nitrogen and oxygen atoms in total. The van der Waals surface area contributed by atoms with E-state index in [1.807, 2.05) is 0 Å². The fourth-order valence-corrected chi connectivity index (χ4v) is 1.95. The summed E-state index contributed by atoms with van der Waals surface area (Å²) < 4.78 is 25.8. The number of nitrogens with one attached hydrogen (secondary N) is 1. The third-order valence-corrected chi connectivity index (χ3v) is 3.36. The summed E-state index contributed by atoms with van der Waals surface area (Å²) in [5.41, 5.74) is 5.37. The summed E-state index contributed by atoms with van der Waals surface area (Å²) >= 11 is 0. The molecule has 0 unspecified atom stereocenters. The maximum absolute atomic E-state index is 11.7. The van der Waals surface area contributed by atoms with Gasteiger partial charge in [0.2, 0.25) is 5.91 Å². The van der Waals surface area contributed by atoms with Gasteiger partial charge in [-0.05, 0) is 25.8 Å². The van der Waals surface area contributed by atoms with Crippen LogP contribution in [0, 0.1) is 0 Å². The first-order chi connectivity index (χ1) is 13.1. The molecule has 0 saturated heterocycles. The standard InChI is InChI=1S/C17H34N2O8/c1-23-6-7-24-8-9-25-10-11-26-12-13-27-14-16(20)19-15(17(21)22)4-2-3-5-18/h15H,2-14,18H2,1H3,(H,19,20)(H,21,22)/t15-/m0/s1. The third kappa shape index (κ3) is 17.9. The number of methoxy groups -OCH3 is 1. The Morgan fingerprint density at radius 2 is 1.41 bits per heavy atom. The van der Waals surface area contributed by atoms with Gasteiger partial charge < -0.3 is 39.8 Å². The van der Waals surface area contributed by atoms with Crippen molar-refractivity contribution in [2.24, 2.45) is 5.73 Å². The second-order valence-electron chi connectivity index (χ2n) is 5.63. The van der Waals surface area contributed by atoms with Crippen LogP contribution in [0.15, 0.2) is 0 Å². The molecule has 0 rings (SSSR count). The van der Waals surface area contributed by atoms with Crippen molar-refractivity contribution in [1.29, 1.82) is 0 Å². The number of rotatable bonds is 20. The van der Waals surface area contributed by atoms with Crippen molar-refractivity contribution >= 4 is 11.9 Å². The molecule has 0 spiro atoms. The molecule has 4 N–H and O–H groups in total. The molecule has 27 heavy (non-hydrogen) atoms. The molecule has 0 aromatic heterocycles. The fraction of sp³-hybridized carbons (Fsp3) is 0.882. The summed E-state index contributed by atoms with van der Waals surface area (Å²) in [5, 5.41) is 11.5. The van der Waals surface area contributed by atoms with Crippen molar-refractivity contribution in [3.63, 3.8) is 0 Å². The molecule has 0 aromatic rings. The summed E-state index contributed by atoms with van der Waals surface area (Å²) in [7, 11) is 1.62. The molecule has 0 aliphatic heterocycles. The zero-order valence-electron chi connectivity index (χ0n) is 16.2. The SMILES string of the molecule is COCCOCCOCCOCCOCC(=O)N[C@@H](CCCCN)C(=O)O. The number of carboxylic acid groups (broad SMARTS) is 1. The lowest BCUT2D eigenvalue weighted by atomic mass is 10.1. The molecule has 0 fully saturated rings. The van der Waals surface area contributed by atoms with Crippen molar-refractivity contribution in [2.45, 2.75) is 25.3 Å². The molecule has 0 aliphatic carbocycles. The van der Waals surface area contributed by atoms with E-state index in [9.17, 15) is 9.59 Å². The Balaban J connectivity index is 3.47. The summed E-state index contributed by atoms with van der Waals surface area (Å²) in [4.78, 5) is 22.8. The van der Waals surface area contributed by atoms with Crippen LogP contribution >= 0.6 is 0 Å². The smallest absolute Gasteiger partial charge is 0.326 e. The summed E-state index contributed by atoms with van der Waals surface area (Å²) in [5.74, 6) is -1.53. The minimum absolute atomic E-state index is 0.209. The van der Waals surface area contributed by atoms with Gasteiger partial charge in [-0.2, -0.15) is 0 Å². The van der Waals surface area contributed by atoms with E-state index in [4.69, 9.17) is 34.5 Å². The van der Waals surface area contributed by atoms with E-state index >= 15 is 0 Å². The molecule has 0 radical (unpaired) electrons. The van der Waals surface area contributed by atoms with Gasteiger partial charge in [-0.1, -0.05) is 0 Å². The Bertz CT molecular complexity index is 371. The molecule has 160 valence electrons. The fourth-order valence-electron chi connectivity index (χ4n) is 1.95. The zero-order valence-corrected chi connectivity index (χ0v) is 16.2. The molecule has 0 bridgehead atoms. The highest BCUT2D eigenvalue weighted by molar-refractivity contribution is 5.84. The number of amides is 1. The van der Waals surface area contributed by atoms with Gasteiger partial charge >= 0.3 is 5.97 Å². The second-order valence-corrected chi connectivity index (χ2v) is 5.63. The largest absolute Gasteiger partial charge is 0.480 e. The minimum Gasteiger partial charge on any atom is -0.480 e. The van der Waals surface area contributed by atoms with Crippen LogP contribution in [0.1, 0.15) is 19.3 Å². The summed E-state index contributed by atoms with van der Waals surface area (Å²) in [6.07, 6.45) is 1.71. The van der Waals surface area contributed by atoms with Crippen LogP contribution < -0.4 is 11.1 Å². The Morgan fingerprint density at radius 3 is 1.89 bits per heavy atom. The molecule has 0 saturated carbocycles. The van der Waals surface area contributed by atoms with Crippen LogP contribution in [0.4, 0.5) is 0 Å². The number of carboxylic acids is 1. The van der Waals surface area contributed by atoms with Gasteiger partial charge in [0.1, 0.15) is 12.6 Å². The van der Waals surface area contributed by atoms with Gasteiger partial charge in [-0.15, -0.1) is 0 Å². The zero-order chi connectivity index (χ0) is 20.2. The van der Waals surface area contributed by atoms with Crippen molar-refractivity contribution < 1.29 is 38.4 Å². The molecule has 0 aromatic carbocycles. The molecular formula is C17H34N2O8. The lowest BCUT2D eigenvalue weighted by molar-refractivity contribution is -0.142. The maximum atomic E-state index is 11.7. The first kappa shape index (κ1) is 25.7. The molecular weight excluding hydrogens is 360 g/mol. The number of carbonyl (C=O) groups excluding carboxylic acids is 1. The third-order valence-electron chi connectivity index (χ3n) is 3.36. The van der Waals surface area contributed by atoms with E-state index in [0.29, 0.717) is 65.6 Å². The molecule has 10 heteroatoms. The number of carbonyl (C=O) groups is 2. The van der Waals surface area contributed by atoms with Crippen molar-refractivity contribution in [2.75, 3.05) is 73.1 Å². The van der Waals surface area contributed by atoms with Gasteiger partial charge in [-0.25, -0.2) is 4.79 Å². The first-order valence-corrected chi connectivity index (χ1v) is 9.14. The Labute approximate surface area is 160 Å². The normalized spacial score (nSPS) is 12.1. The van der Waals surface area contributed by atoms with Crippen LogP contribution in [0.3, 0.4) is 0 Å². The minimum atomic E-state index is -1.06. The van der Waals surface area contributed by atoms with E-state index in [2.05, 4.69) is 5.32 Å². The number of ether oxygens (including phenoxy) is 5. The van der Waals surface area contributed by atoms with Crippen LogP contribution in [0.5, 0.6) is 0 Å². The second kappa shape index (κ2) is 19.5. The average molecular weight is 394 g/mol. The highest BCUT2D eigenvalue weighted by atomic mass is 16.6. The Hall–Kier alpha value is -1.30. The van der Waals surface area contributed by atoms with Gasteiger partial charge in [0.25, 0.3) is 0 Å². The Kier molecular flexibility index (Phi) is 18.5. The Morgan fingerprint density at radius 1 is 0.889 bits per heavy atom. The number of hydrogen-bond donors (Lipinski definition) is 3. The topological polar surface area (TPSA) is 139 Å². The molecule has 1 atom stereocenters. The first-order valence-electron chi connectivity index (χ1n) is 9.14. The van der Waals surface area contributed by atoms with Crippen molar-refractivity contribution in [3.05, 3.63) is 0 Å². The monoisotopic (exact) mass is 394 g/mol. The quantitative estimate of drug-likeness (QED) is 0.231. The number of aliphatic carboxylic acids is 1. The van der Waals surface area contributed by atoms with Crippen LogP contribution in [0.2, 0.25) is 0 Å². The highest BCUT2D eigenvalue weighted by Gasteiger charge is 2.19. The van der Waals surface area contributed by atoms with Gasteiger partial charge in [0, 0.05) is 7.11 Å². The predicted octanol–water partition coefficient (Wildman–Crippen LogP) is -0.602. The van der Waals surface area contributed by atoms with E-state index in [1.165, 1.54) is 0 Å². The average Bonchev–Trinajstić information content (AvgIpc) is 2.64. The molecule has 1 amide bonds. The number of hydrogen-bond acceptors (Lipinski definition) is 8. The van der Waals surface area contributed by atoms with Crippen LogP contribution in [-0.2, 0) is 33.3 Å². The maximum Gasteiger partial charge on any atom is 0.326 e. The molecule has 0 aliphatic rings. The van der Waals surface area contributed by atoms with Crippen LogP contribution in [-0.4, -0.2) is 96.1 Å². The van der Waals surface area contributed by atoms with Crippen molar-refractivity contribution in [1.82, 2.24) is 5.32 Å². The van der Waals surface area contributed by atoms with Crippen LogP contribution in [0.25, 0.3) is 0 Å². The number of nitrogens with two attached hydrogens (primary N) is 1. The molecule has 0 heterocycles. The predicted molar refractivity (Wildman–Crippen MR) is 97.6 cm³/mol. The van der Waals surface area contributed by atoms with Gasteiger partial charge in [0.05, 0.1) is 52.9 Å². The van der Waals surface area contributed by atoms with E-state index in [0.717, 1.165) is 6.42 Å². The number of unbranched alkanes of at least 4 members (excludes halogenated alkanes) is 1.